The first kappa shape index (κ1) is 17.2. The number of hydrogen-bond acceptors (Lipinski definition) is 1. The van der Waals surface area contributed by atoms with Crippen molar-refractivity contribution in [1.29, 1.82) is 0 Å². The molecule has 0 aliphatic carbocycles. The molecule has 0 aliphatic heterocycles. The van der Waals surface area contributed by atoms with E-state index in [1.165, 1.54) is 11.1 Å². The zero-order valence-electron chi connectivity index (χ0n) is 14.3. The third kappa shape index (κ3) is 4.94. The number of nitrogens with zero attached hydrogens (tertiary/aromatic N) is 1. The first-order valence-corrected chi connectivity index (χ1v) is 8.90. The molecule has 25 heavy (non-hydrogen) atoms. The highest BCUT2D eigenvalue weighted by atomic mass is 79.9. The second-order valence-electron chi connectivity index (χ2n) is 5.89. The van der Waals surface area contributed by atoms with Crippen LogP contribution in [-0.4, -0.2) is 5.96 Å². The quantitative estimate of drug-likeness (QED) is 0.405. The zero-order valence-corrected chi connectivity index (χ0v) is 15.8. The van der Waals surface area contributed by atoms with Gasteiger partial charge in [0.25, 0.3) is 0 Å². The molecule has 0 atom stereocenters. The summed E-state index contributed by atoms with van der Waals surface area (Å²) in [5.74, 6) is 0.666. The zero-order chi connectivity index (χ0) is 17.6. The van der Waals surface area contributed by atoms with Crippen LogP contribution in [0.5, 0.6) is 0 Å². The average Bonchev–Trinajstić information content (AvgIpc) is 2.61. The summed E-state index contributed by atoms with van der Waals surface area (Å²) in [6, 6.07) is 24.4. The fourth-order valence-electron chi connectivity index (χ4n) is 2.30. The van der Waals surface area contributed by atoms with Crippen LogP contribution in [0.15, 0.2) is 82.3 Å². The Kier molecular flexibility index (Phi) is 5.51. The molecule has 3 aromatic carbocycles. The molecule has 0 amide bonds. The molecule has 0 spiro atoms. The highest BCUT2D eigenvalue weighted by Crippen LogP contribution is 2.25. The summed E-state index contributed by atoms with van der Waals surface area (Å²) in [7, 11) is 0. The molecule has 0 saturated carbocycles. The van der Waals surface area contributed by atoms with Crippen LogP contribution in [0, 0.1) is 13.8 Å². The van der Waals surface area contributed by atoms with Gasteiger partial charge in [0, 0.05) is 15.8 Å². The van der Waals surface area contributed by atoms with Crippen LogP contribution in [0.2, 0.25) is 0 Å². The van der Waals surface area contributed by atoms with Crippen molar-refractivity contribution in [3.63, 3.8) is 0 Å². The Balaban J connectivity index is 1.91. The second kappa shape index (κ2) is 7.99. The van der Waals surface area contributed by atoms with Gasteiger partial charge in [-0.1, -0.05) is 47.5 Å². The van der Waals surface area contributed by atoms with Gasteiger partial charge in [-0.05, 0) is 66.2 Å². The molecule has 4 heteroatoms. The molecule has 3 aromatic rings. The van der Waals surface area contributed by atoms with Crippen molar-refractivity contribution in [2.75, 3.05) is 10.6 Å². The minimum absolute atomic E-state index is 0.666. The number of hydrogen-bond donors (Lipinski definition) is 2. The highest BCUT2D eigenvalue weighted by molar-refractivity contribution is 9.10. The molecule has 0 aliphatic rings. The Morgan fingerprint density at radius 2 is 1.20 bits per heavy atom. The third-order valence-corrected chi connectivity index (χ3v) is 4.38. The number of aryl methyl sites for hydroxylation is 2. The van der Waals surface area contributed by atoms with Crippen LogP contribution >= 0.6 is 15.9 Å². The topological polar surface area (TPSA) is 36.4 Å². The number of para-hydroxylation sites is 1. The van der Waals surface area contributed by atoms with Gasteiger partial charge in [-0.15, -0.1) is 0 Å². The maximum Gasteiger partial charge on any atom is 0.205 e. The molecule has 0 aromatic heterocycles. The summed E-state index contributed by atoms with van der Waals surface area (Å²) in [6.07, 6.45) is 0. The fourth-order valence-corrected chi connectivity index (χ4v) is 2.67. The van der Waals surface area contributed by atoms with Crippen LogP contribution in [0.25, 0.3) is 0 Å². The molecule has 0 unspecified atom stereocenters. The van der Waals surface area contributed by atoms with E-state index < -0.39 is 0 Å². The van der Waals surface area contributed by atoms with Crippen molar-refractivity contribution >= 4 is 39.0 Å². The van der Waals surface area contributed by atoms with Gasteiger partial charge in [-0.3, -0.25) is 0 Å². The third-order valence-electron chi connectivity index (χ3n) is 3.71. The Labute approximate surface area is 157 Å². The minimum atomic E-state index is 0.666. The van der Waals surface area contributed by atoms with Gasteiger partial charge in [0.15, 0.2) is 0 Å². The van der Waals surface area contributed by atoms with Crippen molar-refractivity contribution in [2.45, 2.75) is 13.8 Å². The van der Waals surface area contributed by atoms with Crippen molar-refractivity contribution < 1.29 is 0 Å². The highest BCUT2D eigenvalue weighted by Gasteiger charge is 2.04. The predicted octanol–water partition coefficient (Wildman–Crippen LogP) is 6.28. The normalized spacial score (nSPS) is 10.2. The first-order valence-electron chi connectivity index (χ1n) is 8.11. The number of nitrogens with one attached hydrogen (secondary N) is 2. The lowest BCUT2D eigenvalue weighted by atomic mass is 10.2. The largest absolute Gasteiger partial charge is 0.326 e. The summed E-state index contributed by atoms with van der Waals surface area (Å²) < 4.78 is 0.948. The summed E-state index contributed by atoms with van der Waals surface area (Å²) in [6.45, 7) is 4.15. The van der Waals surface area contributed by atoms with Gasteiger partial charge in [0.05, 0.1) is 5.69 Å². The molecule has 0 bridgehead atoms. The molecule has 0 radical (unpaired) electrons. The Morgan fingerprint density at radius 1 is 0.720 bits per heavy atom. The van der Waals surface area contributed by atoms with E-state index in [1.54, 1.807) is 0 Å². The Bertz CT molecular complexity index is 819. The maximum absolute atomic E-state index is 4.74. The summed E-state index contributed by atoms with van der Waals surface area (Å²) >= 11 is 3.55. The number of anilines is 2. The summed E-state index contributed by atoms with van der Waals surface area (Å²) in [5, 5.41) is 6.73. The van der Waals surface area contributed by atoms with Crippen LogP contribution in [0.1, 0.15) is 11.1 Å². The summed E-state index contributed by atoms with van der Waals surface area (Å²) in [5.41, 5.74) is 5.27. The number of rotatable bonds is 3. The van der Waals surface area contributed by atoms with Gasteiger partial charge < -0.3 is 10.6 Å². The van der Waals surface area contributed by atoms with E-state index in [0.717, 1.165) is 21.5 Å². The van der Waals surface area contributed by atoms with Crippen molar-refractivity contribution in [2.24, 2.45) is 4.99 Å². The van der Waals surface area contributed by atoms with Crippen LogP contribution in [0.4, 0.5) is 17.1 Å². The fraction of sp³-hybridized carbons (Fsp3) is 0.0952. The van der Waals surface area contributed by atoms with Crippen LogP contribution in [-0.2, 0) is 0 Å². The van der Waals surface area contributed by atoms with Crippen LogP contribution < -0.4 is 10.6 Å². The van der Waals surface area contributed by atoms with E-state index in [-0.39, 0.29) is 0 Å². The lowest BCUT2D eigenvalue weighted by Gasteiger charge is -2.13. The molecule has 126 valence electrons. The standard InChI is InChI=1S/C21H20BrN3/c1-15-7-11-17(12-8-15)23-21(24-18-13-9-16(2)10-14-18)25-20-6-4-3-5-19(20)22/h3-14H,1-2H3,(H2,23,24,25). The van der Waals surface area contributed by atoms with E-state index in [4.69, 9.17) is 4.99 Å². The SMILES string of the molecule is Cc1ccc(NC(=Nc2ccccc2Br)Nc2ccc(C)cc2)cc1. The molecular formula is C21H20BrN3. The molecule has 3 rings (SSSR count). The molecule has 0 heterocycles. The van der Waals surface area contributed by atoms with E-state index in [2.05, 4.69) is 64.7 Å². The van der Waals surface area contributed by atoms with E-state index in [0.29, 0.717) is 5.96 Å². The van der Waals surface area contributed by atoms with Gasteiger partial charge in [0.1, 0.15) is 0 Å². The molecule has 0 fully saturated rings. The van der Waals surface area contributed by atoms with Crippen molar-refractivity contribution in [3.05, 3.63) is 88.4 Å². The van der Waals surface area contributed by atoms with Gasteiger partial charge in [0.2, 0.25) is 5.96 Å². The van der Waals surface area contributed by atoms with Crippen molar-refractivity contribution in [3.8, 4) is 0 Å². The minimum Gasteiger partial charge on any atom is -0.326 e. The van der Waals surface area contributed by atoms with E-state index in [9.17, 15) is 0 Å². The average molecular weight is 394 g/mol. The molecule has 2 N–H and O–H groups in total. The number of guanidine groups is 1. The predicted molar refractivity (Wildman–Crippen MR) is 111 cm³/mol. The second-order valence-corrected chi connectivity index (χ2v) is 6.75. The first-order chi connectivity index (χ1) is 12.1. The van der Waals surface area contributed by atoms with Gasteiger partial charge in [-0.2, -0.15) is 0 Å². The van der Waals surface area contributed by atoms with Crippen molar-refractivity contribution in [1.82, 2.24) is 0 Å². The number of benzene rings is 3. The van der Waals surface area contributed by atoms with E-state index >= 15 is 0 Å². The smallest absolute Gasteiger partial charge is 0.205 e. The Hall–Kier alpha value is -2.59. The summed E-state index contributed by atoms with van der Waals surface area (Å²) in [4.78, 5) is 4.74. The van der Waals surface area contributed by atoms with E-state index in [1.807, 2.05) is 48.5 Å². The lowest BCUT2D eigenvalue weighted by molar-refractivity contribution is 1.41. The van der Waals surface area contributed by atoms with Gasteiger partial charge >= 0.3 is 0 Å². The van der Waals surface area contributed by atoms with Crippen LogP contribution in [0.3, 0.4) is 0 Å². The van der Waals surface area contributed by atoms with Gasteiger partial charge in [-0.25, -0.2) is 4.99 Å². The number of halogens is 1. The maximum atomic E-state index is 4.74. The monoisotopic (exact) mass is 393 g/mol. The Morgan fingerprint density at radius 3 is 1.68 bits per heavy atom. The molecular weight excluding hydrogens is 374 g/mol. The lowest BCUT2D eigenvalue weighted by Crippen LogP contribution is -2.21. The molecule has 3 nitrogen and oxygen atoms in total. The molecule has 0 saturated heterocycles. The number of aliphatic imine (C=N–C) groups is 1.